The number of benzene rings is 2. The van der Waals surface area contributed by atoms with Crippen molar-refractivity contribution in [2.24, 2.45) is 0 Å². The predicted molar refractivity (Wildman–Crippen MR) is 164 cm³/mol. The van der Waals surface area contributed by atoms with E-state index in [9.17, 15) is 27.2 Å². The van der Waals surface area contributed by atoms with Crippen molar-refractivity contribution in [3.05, 3.63) is 77.2 Å². The normalized spacial score (nSPS) is 15.5. The molecule has 3 N–H and O–H groups in total. The van der Waals surface area contributed by atoms with E-state index in [1.165, 1.54) is 12.1 Å². The first-order chi connectivity index (χ1) is 21.8. The molecule has 10 nitrogen and oxygen atoms in total. The fraction of sp³-hybridized carbons (Fsp3) is 0.375. The van der Waals surface area contributed by atoms with Crippen molar-refractivity contribution in [3.63, 3.8) is 0 Å². The number of piperidine rings is 1. The van der Waals surface area contributed by atoms with Crippen molar-refractivity contribution < 1.29 is 41.8 Å². The Kier molecular flexibility index (Phi) is 11.2. The number of carboxylic acid groups (broad SMARTS) is 1. The maximum atomic E-state index is 14.2. The summed E-state index contributed by atoms with van der Waals surface area (Å²) in [6.45, 7) is 5.63. The van der Waals surface area contributed by atoms with E-state index in [1.807, 2.05) is 25.1 Å². The van der Waals surface area contributed by atoms with Gasteiger partial charge >= 0.3 is 12.1 Å². The van der Waals surface area contributed by atoms with Gasteiger partial charge in [0.15, 0.2) is 0 Å². The molecule has 46 heavy (non-hydrogen) atoms. The molecule has 1 aromatic heterocycles. The highest BCUT2D eigenvalue weighted by atomic mass is 19.4. The lowest BCUT2D eigenvalue weighted by Gasteiger charge is -2.30. The number of pyridine rings is 1. The number of hydrogen-bond donors (Lipinski definition) is 3. The molecular formula is C32H35F4N5O5. The van der Waals surface area contributed by atoms with Crippen molar-refractivity contribution in [2.75, 3.05) is 48.8 Å². The number of hydrogen-bond acceptors (Lipinski definition) is 7. The summed E-state index contributed by atoms with van der Waals surface area (Å²) in [5.41, 5.74) is 2.36. The number of ether oxygens (including phenoxy) is 1. The summed E-state index contributed by atoms with van der Waals surface area (Å²) >= 11 is 0. The number of likely N-dealkylation sites (tertiary alicyclic amines) is 1. The predicted octanol–water partition coefficient (Wildman–Crippen LogP) is 5.74. The van der Waals surface area contributed by atoms with E-state index in [0.717, 1.165) is 69.2 Å². The van der Waals surface area contributed by atoms with Crippen LogP contribution in [0.15, 0.2) is 54.7 Å². The van der Waals surface area contributed by atoms with E-state index in [1.54, 1.807) is 18.3 Å². The molecule has 2 fully saturated rings. The number of amides is 2. The molecule has 2 amide bonds. The zero-order valence-electron chi connectivity index (χ0n) is 25.4. The molecule has 0 spiro atoms. The van der Waals surface area contributed by atoms with Crippen LogP contribution in [0.25, 0.3) is 0 Å². The van der Waals surface area contributed by atoms with Crippen LogP contribution < -0.4 is 20.3 Å². The smallest absolute Gasteiger partial charge is 0.489 e. The Morgan fingerprint density at radius 2 is 1.59 bits per heavy atom. The first-order valence-corrected chi connectivity index (χ1v) is 14.7. The number of aromatic nitrogens is 1. The lowest BCUT2D eigenvalue weighted by Crippen LogP contribution is -2.36. The quantitative estimate of drug-likeness (QED) is 0.278. The minimum Gasteiger partial charge on any atom is -0.489 e. The van der Waals surface area contributed by atoms with Crippen LogP contribution in [0.4, 0.5) is 34.8 Å². The Labute approximate surface area is 263 Å². The van der Waals surface area contributed by atoms with Crippen molar-refractivity contribution in [1.82, 2.24) is 9.88 Å². The van der Waals surface area contributed by atoms with Crippen molar-refractivity contribution in [1.29, 1.82) is 0 Å². The number of nitrogens with one attached hydrogen (secondary N) is 2. The van der Waals surface area contributed by atoms with E-state index in [4.69, 9.17) is 14.6 Å². The molecule has 5 rings (SSSR count). The van der Waals surface area contributed by atoms with Gasteiger partial charge in [-0.1, -0.05) is 6.07 Å². The van der Waals surface area contributed by atoms with Crippen LogP contribution in [-0.4, -0.2) is 78.3 Å². The zero-order valence-corrected chi connectivity index (χ0v) is 25.4. The van der Waals surface area contributed by atoms with Gasteiger partial charge in [0.05, 0.1) is 16.8 Å². The number of aliphatic carboxylic acids is 1. The Bertz CT molecular complexity index is 1550. The fourth-order valence-electron chi connectivity index (χ4n) is 5.04. The van der Waals surface area contributed by atoms with E-state index < -0.39 is 29.8 Å². The van der Waals surface area contributed by atoms with E-state index in [0.29, 0.717) is 17.1 Å². The Morgan fingerprint density at radius 1 is 0.935 bits per heavy atom. The van der Waals surface area contributed by atoms with Crippen LogP contribution in [0.1, 0.15) is 52.0 Å². The first-order valence-electron chi connectivity index (χ1n) is 14.7. The second-order valence-corrected chi connectivity index (χ2v) is 11.1. The number of nitrogens with zero attached hydrogens (tertiary/aromatic N) is 3. The van der Waals surface area contributed by atoms with Crippen molar-refractivity contribution >= 4 is 35.0 Å². The third-order valence-corrected chi connectivity index (χ3v) is 7.60. The number of halogens is 4. The van der Waals surface area contributed by atoms with Crippen LogP contribution in [0.3, 0.4) is 0 Å². The lowest BCUT2D eigenvalue weighted by molar-refractivity contribution is -0.192. The van der Waals surface area contributed by atoms with E-state index >= 15 is 0 Å². The molecule has 0 atom stereocenters. The van der Waals surface area contributed by atoms with Crippen LogP contribution in [0, 0.1) is 12.7 Å². The van der Waals surface area contributed by atoms with Gasteiger partial charge in [-0.15, -0.1) is 0 Å². The number of alkyl halides is 3. The molecule has 3 heterocycles. The van der Waals surface area contributed by atoms with Gasteiger partial charge in [-0.2, -0.15) is 13.2 Å². The third-order valence-electron chi connectivity index (χ3n) is 7.60. The number of carbonyl (C=O) groups excluding carboxylic acids is 2. The molecule has 2 aliphatic heterocycles. The van der Waals surface area contributed by atoms with Crippen molar-refractivity contribution in [2.45, 2.75) is 44.9 Å². The van der Waals surface area contributed by atoms with Gasteiger partial charge in [-0.3, -0.25) is 9.59 Å². The van der Waals surface area contributed by atoms with E-state index in [2.05, 4.69) is 32.5 Å². The summed E-state index contributed by atoms with van der Waals surface area (Å²) in [5.74, 6) is -3.46. The van der Waals surface area contributed by atoms with Crippen LogP contribution in [0.5, 0.6) is 5.75 Å². The standard InChI is InChI=1S/C30H34FN5O3.C2HF3O2/c1-20-6-5-13-32-28(20)34-30(38)25-18-21(31)7-10-26(25)33-29(37)24-9-8-22(36-14-3-4-15-36)19-27(24)39-23-11-16-35(2)17-12-23;3-2(4,5)1(6)7/h5-10,13,18-19,23H,3-4,11-12,14-17H2,1-2H3,(H,33,37)(H,32,34,38);(H,6,7). The van der Waals surface area contributed by atoms with Gasteiger partial charge < -0.3 is 30.3 Å². The highest BCUT2D eigenvalue weighted by molar-refractivity contribution is 6.13. The number of carboxylic acids is 1. The van der Waals surface area contributed by atoms with Crippen LogP contribution in [-0.2, 0) is 4.79 Å². The lowest BCUT2D eigenvalue weighted by atomic mass is 10.1. The second-order valence-electron chi connectivity index (χ2n) is 11.1. The summed E-state index contributed by atoms with van der Waals surface area (Å²) in [7, 11) is 2.09. The number of carbonyl (C=O) groups is 3. The largest absolute Gasteiger partial charge is 0.490 e. The molecule has 246 valence electrons. The highest BCUT2D eigenvalue weighted by Gasteiger charge is 2.38. The zero-order chi connectivity index (χ0) is 33.4. The Balaban J connectivity index is 0.000000617. The molecule has 2 saturated heterocycles. The van der Waals surface area contributed by atoms with Gasteiger partial charge in [-0.05, 0) is 81.6 Å². The summed E-state index contributed by atoms with van der Waals surface area (Å²) in [5, 5.41) is 12.7. The average molecular weight is 646 g/mol. The molecule has 3 aromatic rings. The summed E-state index contributed by atoms with van der Waals surface area (Å²) in [6, 6.07) is 12.9. The third kappa shape index (κ3) is 9.16. The monoisotopic (exact) mass is 645 g/mol. The Hall–Kier alpha value is -4.72. The minimum absolute atomic E-state index is 0.000115. The average Bonchev–Trinajstić information content (AvgIpc) is 3.55. The molecule has 0 aliphatic carbocycles. The molecule has 0 unspecified atom stereocenters. The summed E-state index contributed by atoms with van der Waals surface area (Å²) in [6.07, 6.45) is 0.521. The summed E-state index contributed by atoms with van der Waals surface area (Å²) < 4.78 is 52.4. The van der Waals surface area contributed by atoms with Crippen LogP contribution >= 0.6 is 0 Å². The van der Waals surface area contributed by atoms with Gasteiger partial charge in [0.2, 0.25) is 0 Å². The van der Waals surface area contributed by atoms with Gasteiger partial charge in [0.1, 0.15) is 23.5 Å². The first kappa shape index (κ1) is 34.2. The molecule has 0 bridgehead atoms. The highest BCUT2D eigenvalue weighted by Crippen LogP contribution is 2.31. The van der Waals surface area contributed by atoms with Gasteiger partial charge in [-0.25, -0.2) is 14.2 Å². The second kappa shape index (κ2) is 15.0. The topological polar surface area (TPSA) is 124 Å². The fourth-order valence-corrected chi connectivity index (χ4v) is 5.04. The molecule has 14 heteroatoms. The minimum atomic E-state index is -5.08. The maximum absolute atomic E-state index is 14.2. The van der Waals surface area contributed by atoms with E-state index in [-0.39, 0.29) is 17.4 Å². The molecule has 2 aromatic carbocycles. The maximum Gasteiger partial charge on any atom is 0.490 e. The summed E-state index contributed by atoms with van der Waals surface area (Å²) in [4.78, 5) is 44.3. The molecule has 0 saturated carbocycles. The Morgan fingerprint density at radius 3 is 2.22 bits per heavy atom. The molecule has 0 radical (unpaired) electrons. The number of aryl methyl sites for hydroxylation is 1. The van der Waals surface area contributed by atoms with Gasteiger partial charge in [0, 0.05) is 44.1 Å². The SMILES string of the molecule is Cc1cccnc1NC(=O)c1cc(F)ccc1NC(=O)c1ccc(N2CCCC2)cc1OC1CCN(C)CC1.O=C(O)C(F)(F)F. The molecule has 2 aliphatic rings. The molecular weight excluding hydrogens is 610 g/mol. The van der Waals surface area contributed by atoms with Crippen molar-refractivity contribution in [3.8, 4) is 5.75 Å². The number of anilines is 3. The number of rotatable bonds is 7. The van der Waals surface area contributed by atoms with Crippen LogP contribution in [0.2, 0.25) is 0 Å². The van der Waals surface area contributed by atoms with Gasteiger partial charge in [0.25, 0.3) is 11.8 Å².